The minimum absolute atomic E-state index is 0.0110. The quantitative estimate of drug-likeness (QED) is 0.811. The number of hydrogen-bond acceptors (Lipinski definition) is 5. The van der Waals surface area contributed by atoms with Gasteiger partial charge in [-0.25, -0.2) is 0 Å². The van der Waals surface area contributed by atoms with Crippen LogP contribution in [0.1, 0.15) is 74.0 Å². The van der Waals surface area contributed by atoms with Crippen molar-refractivity contribution in [1.82, 2.24) is 4.57 Å². The van der Waals surface area contributed by atoms with E-state index in [1.54, 1.807) is 4.57 Å². The normalized spacial score (nSPS) is 32.2. The van der Waals surface area contributed by atoms with Crippen LogP contribution < -0.4 is 0 Å². The molecule has 134 valence electrons. The fourth-order valence-corrected chi connectivity index (χ4v) is 5.57. The Hall–Kier alpha value is -1.21. The van der Waals surface area contributed by atoms with Gasteiger partial charge in [-0.1, -0.05) is 6.42 Å². The van der Waals surface area contributed by atoms with Crippen molar-refractivity contribution >= 4 is 10.1 Å². The van der Waals surface area contributed by atoms with Crippen LogP contribution >= 0.6 is 0 Å². The Morgan fingerprint density at radius 3 is 2.25 bits per heavy atom. The van der Waals surface area contributed by atoms with E-state index in [4.69, 9.17) is 4.18 Å². The predicted octanol–water partition coefficient (Wildman–Crippen LogP) is 2.97. The number of fused-ring (bicyclic) bond motifs is 5. The third kappa shape index (κ3) is 2.62. The summed E-state index contributed by atoms with van der Waals surface area (Å²) in [6.07, 6.45) is 7.80. The van der Waals surface area contributed by atoms with Gasteiger partial charge in [0.2, 0.25) is 0 Å². The first-order chi connectivity index (χ1) is 11.3. The molecule has 2 N–H and O–H groups in total. The minimum Gasteiger partial charge on any atom is -0.494 e. The lowest BCUT2D eigenvalue weighted by molar-refractivity contribution is 0.171. The highest BCUT2D eigenvalue weighted by Crippen LogP contribution is 2.61. The van der Waals surface area contributed by atoms with E-state index in [0.29, 0.717) is 11.8 Å². The summed E-state index contributed by atoms with van der Waals surface area (Å²) < 4.78 is 29.1. The van der Waals surface area contributed by atoms with Gasteiger partial charge in [-0.05, 0) is 56.3 Å². The molecule has 1 heterocycles. The summed E-state index contributed by atoms with van der Waals surface area (Å²) in [5.41, 5.74) is 1.94. The predicted molar refractivity (Wildman–Crippen MR) is 88.9 cm³/mol. The fraction of sp³-hybridized carbons (Fsp3) is 0.765. The SMILES string of the molecule is CS(=O)(=O)OCC1CCCC(n2c(O)c3c(c2O)C2CCC3C2)C1. The average Bonchev–Trinajstić information content (AvgIpc) is 3.19. The van der Waals surface area contributed by atoms with Gasteiger partial charge < -0.3 is 10.2 Å². The molecule has 7 heteroatoms. The Bertz CT molecular complexity index is 720. The Morgan fingerprint density at radius 2 is 1.67 bits per heavy atom. The number of hydrogen-bond donors (Lipinski definition) is 2. The number of aromatic hydroxyl groups is 2. The van der Waals surface area contributed by atoms with Crippen LogP contribution in [0.2, 0.25) is 0 Å². The van der Waals surface area contributed by atoms with Crippen LogP contribution in [0.3, 0.4) is 0 Å². The molecule has 24 heavy (non-hydrogen) atoms. The molecule has 4 unspecified atom stereocenters. The largest absolute Gasteiger partial charge is 0.494 e. The van der Waals surface area contributed by atoms with Crippen molar-refractivity contribution in [3.05, 3.63) is 11.1 Å². The smallest absolute Gasteiger partial charge is 0.264 e. The molecular weight excluding hydrogens is 330 g/mol. The van der Waals surface area contributed by atoms with E-state index < -0.39 is 10.1 Å². The van der Waals surface area contributed by atoms with Crippen molar-refractivity contribution in [3.63, 3.8) is 0 Å². The molecule has 4 atom stereocenters. The third-order valence-corrected chi connectivity index (χ3v) is 6.68. The summed E-state index contributed by atoms with van der Waals surface area (Å²) in [7, 11) is -3.43. The molecule has 0 aliphatic heterocycles. The maximum atomic E-state index is 11.2. The molecule has 2 fully saturated rings. The van der Waals surface area contributed by atoms with Gasteiger partial charge in [0.05, 0.1) is 12.9 Å². The summed E-state index contributed by atoms with van der Waals surface area (Å²) in [6, 6.07) is 0.0110. The van der Waals surface area contributed by atoms with Crippen molar-refractivity contribution in [2.75, 3.05) is 12.9 Å². The molecule has 2 bridgehead atoms. The van der Waals surface area contributed by atoms with E-state index in [0.717, 1.165) is 62.3 Å². The van der Waals surface area contributed by atoms with Gasteiger partial charge in [0.15, 0.2) is 11.8 Å². The van der Waals surface area contributed by atoms with Crippen molar-refractivity contribution in [2.24, 2.45) is 5.92 Å². The lowest BCUT2D eigenvalue weighted by Crippen LogP contribution is -2.23. The van der Waals surface area contributed by atoms with Gasteiger partial charge in [0.25, 0.3) is 10.1 Å². The molecule has 0 saturated heterocycles. The number of nitrogens with zero attached hydrogens (tertiary/aromatic N) is 1. The summed E-state index contributed by atoms with van der Waals surface area (Å²) in [5.74, 6) is 1.40. The summed E-state index contributed by atoms with van der Waals surface area (Å²) >= 11 is 0. The highest BCUT2D eigenvalue weighted by Gasteiger charge is 2.45. The van der Waals surface area contributed by atoms with Gasteiger partial charge in [-0.15, -0.1) is 0 Å². The van der Waals surface area contributed by atoms with Crippen LogP contribution in [0.4, 0.5) is 0 Å². The first kappa shape index (κ1) is 16.3. The Morgan fingerprint density at radius 1 is 1.04 bits per heavy atom. The van der Waals surface area contributed by atoms with Crippen LogP contribution in [0, 0.1) is 5.92 Å². The van der Waals surface area contributed by atoms with E-state index in [-0.39, 0.29) is 30.3 Å². The van der Waals surface area contributed by atoms with E-state index in [9.17, 15) is 18.6 Å². The van der Waals surface area contributed by atoms with E-state index in [2.05, 4.69) is 0 Å². The van der Waals surface area contributed by atoms with Crippen LogP contribution in [-0.2, 0) is 14.3 Å². The van der Waals surface area contributed by atoms with E-state index in [1.165, 1.54) is 0 Å². The first-order valence-electron chi connectivity index (χ1n) is 8.85. The molecule has 2 saturated carbocycles. The average molecular weight is 355 g/mol. The third-order valence-electron chi connectivity index (χ3n) is 6.12. The van der Waals surface area contributed by atoms with Gasteiger partial charge in [0.1, 0.15) is 0 Å². The van der Waals surface area contributed by atoms with E-state index >= 15 is 0 Å². The molecule has 0 aromatic carbocycles. The molecule has 4 rings (SSSR count). The zero-order valence-corrected chi connectivity index (χ0v) is 14.8. The lowest BCUT2D eigenvalue weighted by Gasteiger charge is -2.30. The first-order valence-corrected chi connectivity index (χ1v) is 10.7. The van der Waals surface area contributed by atoms with Crippen LogP contribution in [0.25, 0.3) is 0 Å². The molecule has 0 spiro atoms. The van der Waals surface area contributed by atoms with Crippen molar-refractivity contribution in [2.45, 2.75) is 62.8 Å². The molecule has 0 radical (unpaired) electrons. The van der Waals surface area contributed by atoms with Gasteiger partial charge in [-0.2, -0.15) is 8.42 Å². The second-order valence-corrected chi connectivity index (χ2v) is 9.37. The fourth-order valence-electron chi connectivity index (χ4n) is 5.13. The number of aromatic nitrogens is 1. The highest BCUT2D eigenvalue weighted by atomic mass is 32.2. The zero-order chi connectivity index (χ0) is 17.1. The Balaban J connectivity index is 1.56. The monoisotopic (exact) mass is 355 g/mol. The lowest BCUT2D eigenvalue weighted by atomic mass is 9.86. The number of rotatable bonds is 4. The molecule has 3 aliphatic rings. The topological polar surface area (TPSA) is 88.8 Å². The molecule has 3 aliphatic carbocycles. The van der Waals surface area contributed by atoms with Crippen LogP contribution in [-0.4, -0.2) is 36.1 Å². The zero-order valence-electron chi connectivity index (χ0n) is 13.9. The van der Waals surface area contributed by atoms with Crippen molar-refractivity contribution in [3.8, 4) is 11.8 Å². The van der Waals surface area contributed by atoms with Crippen LogP contribution in [0.15, 0.2) is 0 Å². The summed E-state index contributed by atoms with van der Waals surface area (Å²) in [4.78, 5) is 0. The summed E-state index contributed by atoms with van der Waals surface area (Å²) in [5, 5.41) is 21.5. The van der Waals surface area contributed by atoms with Crippen molar-refractivity contribution in [1.29, 1.82) is 0 Å². The molecular formula is C17H25NO5S. The maximum absolute atomic E-state index is 11.2. The molecule has 6 nitrogen and oxygen atoms in total. The molecule has 0 amide bonds. The van der Waals surface area contributed by atoms with Crippen LogP contribution in [0.5, 0.6) is 11.8 Å². The highest BCUT2D eigenvalue weighted by molar-refractivity contribution is 7.85. The van der Waals surface area contributed by atoms with E-state index in [1.807, 2.05) is 0 Å². The van der Waals surface area contributed by atoms with Crippen molar-refractivity contribution < 1.29 is 22.8 Å². The van der Waals surface area contributed by atoms with Gasteiger partial charge in [-0.3, -0.25) is 8.75 Å². The second kappa shape index (κ2) is 5.66. The van der Waals surface area contributed by atoms with Gasteiger partial charge >= 0.3 is 0 Å². The second-order valence-electron chi connectivity index (χ2n) is 7.73. The maximum Gasteiger partial charge on any atom is 0.264 e. The summed E-state index contributed by atoms with van der Waals surface area (Å²) in [6.45, 7) is 0.184. The Labute approximate surface area is 142 Å². The van der Waals surface area contributed by atoms with Gasteiger partial charge in [0, 0.05) is 17.2 Å². The Kier molecular flexibility index (Phi) is 3.84. The minimum atomic E-state index is -3.43. The molecule has 1 aromatic rings. The molecule has 1 aromatic heterocycles. The standard InChI is InChI=1S/C17H25NO5S/c1-24(21,22)23-9-10-3-2-4-13(7-10)18-16(19)14-11-5-6-12(8-11)15(14)17(18)20/h10-13,19-20H,2-9H2,1H3.